The van der Waals surface area contributed by atoms with Crippen LogP contribution in [0.25, 0.3) is 0 Å². The molecule has 0 heterocycles. The second-order valence-electron chi connectivity index (χ2n) is 2.06. The van der Waals surface area contributed by atoms with E-state index in [1.807, 2.05) is 30.3 Å². The summed E-state index contributed by atoms with van der Waals surface area (Å²) in [6.07, 6.45) is -0.167. The van der Waals surface area contributed by atoms with E-state index in [4.69, 9.17) is 5.11 Å². The molecular weight excluding hydrogens is 184 g/mol. The van der Waals surface area contributed by atoms with Crippen molar-refractivity contribution in [2.24, 2.45) is 0 Å². The molecule has 0 bridgehead atoms. The predicted molar refractivity (Wildman–Crippen MR) is 52.2 cm³/mol. The molecule has 1 N–H and O–H groups in total. The maximum absolute atomic E-state index is 8.06. The van der Waals surface area contributed by atoms with Crippen LogP contribution < -0.4 is 0 Å². The van der Waals surface area contributed by atoms with Crippen LogP contribution in [0.5, 0.6) is 0 Å². The molecule has 0 atom stereocenters. The zero-order valence-electron chi connectivity index (χ0n) is 8.41. The van der Waals surface area contributed by atoms with Crippen molar-refractivity contribution >= 4 is 0 Å². The van der Waals surface area contributed by atoms with Crippen molar-refractivity contribution in [3.8, 4) is 0 Å². The molecule has 0 saturated heterocycles. The third-order valence-corrected chi connectivity index (χ3v) is 0.556. The van der Waals surface area contributed by atoms with Crippen molar-refractivity contribution in [2.45, 2.75) is 20.0 Å². The van der Waals surface area contributed by atoms with Gasteiger partial charge in [-0.15, -0.1) is 0 Å². The Balaban J connectivity index is -0.0000000436. The van der Waals surface area contributed by atoms with Gasteiger partial charge in [-0.25, -0.2) is 12.1 Å². The van der Waals surface area contributed by atoms with Crippen molar-refractivity contribution in [2.75, 3.05) is 0 Å². The molecule has 0 amide bonds. The van der Waals surface area contributed by atoms with Gasteiger partial charge in [0.05, 0.1) is 0 Å². The minimum absolute atomic E-state index is 0. The molecule has 1 aromatic carbocycles. The average Bonchev–Trinajstić information content (AvgIpc) is 2.11. The summed E-state index contributed by atoms with van der Waals surface area (Å²) in [6.45, 7) is 3.44. The normalized spacial score (nSPS) is 6.33. The van der Waals surface area contributed by atoms with E-state index in [1.54, 1.807) is 13.8 Å². The molecule has 0 fully saturated rings. The van der Waals surface area contributed by atoms with Crippen LogP contribution in [0.3, 0.4) is 0 Å². The predicted octanol–water partition coefficient (Wildman–Crippen LogP) is 2.69. The summed E-state index contributed by atoms with van der Waals surface area (Å²) in [5, 5.41) is 8.06. The molecule has 1 radical (unpaired) electrons. The summed E-state index contributed by atoms with van der Waals surface area (Å²) >= 11 is 0. The van der Waals surface area contributed by atoms with E-state index in [0.717, 1.165) is 0 Å². The van der Waals surface area contributed by atoms with Crippen LogP contribution in [0, 0.1) is 14.9 Å². The molecule has 2 heteroatoms. The fourth-order valence-corrected chi connectivity index (χ4v) is 0.321. The summed E-state index contributed by atoms with van der Waals surface area (Å²) in [4.78, 5) is 0. The van der Waals surface area contributed by atoms with E-state index in [-0.39, 0.29) is 42.7 Å². The van der Waals surface area contributed by atoms with Crippen LogP contribution in [0.4, 0.5) is 0 Å². The fraction of sp³-hybridized carbons (Fsp3) is 0.300. The first-order valence-corrected chi connectivity index (χ1v) is 3.08. The molecule has 0 aliphatic carbocycles. The fourth-order valence-electron chi connectivity index (χ4n) is 0.321. The zero-order valence-corrected chi connectivity index (χ0v) is 9.97. The Kier molecular flexibility index (Phi) is 32.5. The summed E-state index contributed by atoms with van der Waals surface area (Å²) in [6, 6.07) is 10.0. The van der Waals surface area contributed by atoms with Crippen molar-refractivity contribution in [1.82, 2.24) is 0 Å². The molecule has 12 heavy (non-hydrogen) atoms. The average molecular weight is 203 g/mol. The van der Waals surface area contributed by atoms with Crippen molar-refractivity contribution in [3.63, 3.8) is 0 Å². The van der Waals surface area contributed by atoms with Gasteiger partial charge >= 0.3 is 21.7 Å². The Labute approximate surface area is 92.1 Å². The first-order valence-electron chi connectivity index (χ1n) is 3.08. The molecule has 0 aromatic heterocycles. The molecule has 0 unspecified atom stereocenters. The van der Waals surface area contributed by atoms with Gasteiger partial charge < -0.3 is 20.0 Å². The van der Waals surface area contributed by atoms with Gasteiger partial charge in [0.1, 0.15) is 0 Å². The van der Waals surface area contributed by atoms with Gasteiger partial charge in [0.15, 0.2) is 0 Å². The van der Waals surface area contributed by atoms with Gasteiger partial charge in [-0.2, -0.15) is 18.2 Å². The van der Waals surface area contributed by atoms with Crippen molar-refractivity contribution in [1.29, 1.82) is 0 Å². The summed E-state index contributed by atoms with van der Waals surface area (Å²) < 4.78 is 0. The minimum Gasteiger partial charge on any atom is -0.394 e. The van der Waals surface area contributed by atoms with Crippen molar-refractivity contribution < 1.29 is 26.8 Å². The third kappa shape index (κ3) is 32.3. The van der Waals surface area contributed by atoms with Crippen LogP contribution in [-0.4, -0.2) is 11.2 Å². The number of hydrogen-bond acceptors (Lipinski definition) is 1. The number of hydrogen-bond donors (Lipinski definition) is 1. The van der Waals surface area contributed by atoms with Gasteiger partial charge in [0, 0.05) is 6.10 Å². The summed E-state index contributed by atoms with van der Waals surface area (Å²) in [5.41, 5.74) is 0. The van der Waals surface area contributed by atoms with Gasteiger partial charge in [-0.1, -0.05) is 0 Å². The van der Waals surface area contributed by atoms with Crippen LogP contribution in [0.2, 0.25) is 0 Å². The second-order valence-corrected chi connectivity index (χ2v) is 2.06. The molecule has 0 aliphatic rings. The number of aliphatic hydroxyl groups excluding tert-OH is 1. The smallest absolute Gasteiger partial charge is 0.394 e. The first-order chi connectivity index (χ1) is 4.23. The zero-order chi connectivity index (χ0) is 7.11. The number of rotatable bonds is 0. The Hall–Kier alpha value is 0.0243. The Bertz CT molecular complexity index is 93.4. The van der Waals surface area contributed by atoms with Gasteiger partial charge in [0.2, 0.25) is 0 Å². The molecule has 1 aromatic rings. The Morgan fingerprint density at radius 3 is 1.42 bits per heavy atom. The Morgan fingerprint density at radius 2 is 1.33 bits per heavy atom. The van der Waals surface area contributed by atoms with Gasteiger partial charge in [-0.3, -0.25) is 0 Å². The van der Waals surface area contributed by atoms with E-state index < -0.39 is 0 Å². The van der Waals surface area contributed by atoms with Crippen LogP contribution >= 0.6 is 0 Å². The second kappa shape index (κ2) is 17.2. The first kappa shape index (κ1) is 22.7. The van der Waals surface area contributed by atoms with E-state index in [9.17, 15) is 0 Å². The summed E-state index contributed by atoms with van der Waals surface area (Å²) in [7, 11) is 0. The van der Waals surface area contributed by atoms with Gasteiger partial charge in [-0.05, 0) is 13.8 Å². The minimum atomic E-state index is -0.167. The molecule has 0 saturated carbocycles. The molecule has 0 aliphatic heterocycles. The maximum Gasteiger partial charge on any atom is 3.00 e. The topological polar surface area (TPSA) is 20.2 Å². The van der Waals surface area contributed by atoms with E-state index >= 15 is 0 Å². The van der Waals surface area contributed by atoms with Crippen LogP contribution in [-0.2, 0) is 21.7 Å². The molecule has 69 valence electrons. The van der Waals surface area contributed by atoms with E-state index in [2.05, 4.69) is 0 Å². The van der Waals surface area contributed by atoms with Crippen LogP contribution in [0.1, 0.15) is 13.8 Å². The largest absolute Gasteiger partial charge is 3.00 e. The maximum atomic E-state index is 8.06. The van der Waals surface area contributed by atoms with Gasteiger partial charge in [0.25, 0.3) is 0 Å². The molecular formula is C10H19OTi. The monoisotopic (exact) mass is 203 g/mol. The van der Waals surface area contributed by atoms with E-state index in [1.165, 1.54) is 0 Å². The molecule has 1 nitrogen and oxygen atoms in total. The number of aliphatic hydroxyl groups is 1. The standard InChI is InChI=1S/C5H5.C3H8O.2CH3.Ti/c1-2-4-5-3-1;1-3(2)4;;;/h1-5H;3-4H,1-2H3;2*1H3;/q-1;;2*-1;+3. The third-order valence-electron chi connectivity index (χ3n) is 0.556. The molecule has 0 spiro atoms. The van der Waals surface area contributed by atoms with Crippen molar-refractivity contribution in [3.05, 3.63) is 45.2 Å². The summed E-state index contributed by atoms with van der Waals surface area (Å²) in [5.74, 6) is 0. The molecule has 1 rings (SSSR count). The SMILES string of the molecule is CC(C)O.[CH3-].[CH3-].[Ti+3].c1cc[cH-]c1. The van der Waals surface area contributed by atoms with Crippen LogP contribution in [0.15, 0.2) is 30.3 Å². The Morgan fingerprint density at radius 1 is 1.08 bits per heavy atom. The quantitative estimate of drug-likeness (QED) is 0.507. The van der Waals surface area contributed by atoms with E-state index in [0.29, 0.717) is 0 Å².